The number of anilines is 2. The van der Waals surface area contributed by atoms with Gasteiger partial charge >= 0.3 is 0 Å². The molecular formula is C26H37F2N4OP. The first-order valence-corrected chi connectivity index (χ1v) is 13.1. The number of unbranched alkanes of at least 4 members (excludes halogenated alkanes) is 2. The number of fused-ring (bicyclic) bond motifs is 1. The third-order valence-electron chi connectivity index (χ3n) is 5.23. The van der Waals surface area contributed by atoms with Crippen molar-refractivity contribution in [3.05, 3.63) is 57.8 Å². The van der Waals surface area contributed by atoms with Crippen molar-refractivity contribution in [2.75, 3.05) is 24.3 Å². The molecule has 1 heterocycles. The quantitative estimate of drug-likeness (QED) is 0.209. The van der Waals surface area contributed by atoms with Crippen molar-refractivity contribution in [1.82, 2.24) is 9.97 Å². The number of aromatic nitrogens is 2. The summed E-state index contributed by atoms with van der Waals surface area (Å²) in [5.41, 5.74) is 8.44. The molecule has 0 radical (unpaired) electrons. The summed E-state index contributed by atoms with van der Waals surface area (Å²) in [4.78, 5) is 9.20. The van der Waals surface area contributed by atoms with Gasteiger partial charge in [0.25, 0.3) is 6.43 Å². The number of nitrogen functional groups attached to an aromatic ring is 1. The van der Waals surface area contributed by atoms with Crippen molar-refractivity contribution in [3.63, 3.8) is 0 Å². The van der Waals surface area contributed by atoms with Gasteiger partial charge < -0.3 is 15.8 Å². The molecule has 2 unspecified atom stereocenters. The van der Waals surface area contributed by atoms with Crippen LogP contribution in [-0.4, -0.2) is 29.3 Å². The van der Waals surface area contributed by atoms with Crippen LogP contribution in [0.25, 0.3) is 12.2 Å². The molecule has 0 spiro atoms. The first kappa shape index (κ1) is 27.9. The lowest BCUT2D eigenvalue weighted by Gasteiger charge is -2.16. The number of alkyl halides is 2. The van der Waals surface area contributed by atoms with Crippen molar-refractivity contribution in [3.8, 4) is 0 Å². The second-order valence-corrected chi connectivity index (χ2v) is 9.26. The van der Waals surface area contributed by atoms with Gasteiger partial charge in [0.05, 0.1) is 5.69 Å². The lowest BCUT2D eigenvalue weighted by molar-refractivity contribution is 0.151. The van der Waals surface area contributed by atoms with Crippen LogP contribution in [0.15, 0.2) is 29.6 Å². The molecule has 1 aliphatic rings. The van der Waals surface area contributed by atoms with Crippen molar-refractivity contribution in [1.29, 1.82) is 0 Å². The molecule has 3 N–H and O–H groups in total. The SMILES string of the molecule is CC.CCCCCPC1=Cc2c(nc(C)nc2NCc2cc(N)cc(C(F)F)c2)C=CC1OC. The van der Waals surface area contributed by atoms with E-state index in [1.54, 1.807) is 13.2 Å². The number of benzene rings is 1. The van der Waals surface area contributed by atoms with E-state index < -0.39 is 6.43 Å². The predicted molar refractivity (Wildman–Crippen MR) is 142 cm³/mol. The Kier molecular flexibility index (Phi) is 11.6. The highest BCUT2D eigenvalue weighted by atomic mass is 31.1. The Balaban J connectivity index is 0.00000199. The van der Waals surface area contributed by atoms with Gasteiger partial charge in [0.1, 0.15) is 17.7 Å². The second-order valence-electron chi connectivity index (χ2n) is 7.83. The number of nitrogens with one attached hydrogen (secondary N) is 1. The van der Waals surface area contributed by atoms with Crippen molar-refractivity contribution < 1.29 is 13.5 Å². The average Bonchev–Trinajstić information content (AvgIpc) is 3.00. The number of rotatable bonds is 10. The fourth-order valence-electron chi connectivity index (χ4n) is 3.65. The zero-order chi connectivity index (χ0) is 25.1. The first-order chi connectivity index (χ1) is 16.4. The molecule has 8 heteroatoms. The number of nitrogens with zero attached hydrogens (tertiary/aromatic N) is 2. The highest BCUT2D eigenvalue weighted by molar-refractivity contribution is 7.43. The summed E-state index contributed by atoms with van der Waals surface area (Å²) in [7, 11) is 2.36. The molecule has 0 amide bonds. The van der Waals surface area contributed by atoms with Gasteiger partial charge in [-0.15, -0.1) is 0 Å². The Hall–Kier alpha value is -2.37. The molecule has 3 rings (SSSR count). The average molecular weight is 491 g/mol. The van der Waals surface area contributed by atoms with Gasteiger partial charge in [0.2, 0.25) is 0 Å². The van der Waals surface area contributed by atoms with Crippen LogP contribution < -0.4 is 11.1 Å². The smallest absolute Gasteiger partial charge is 0.263 e. The van der Waals surface area contributed by atoms with Crippen LogP contribution in [0.3, 0.4) is 0 Å². The van der Waals surface area contributed by atoms with Gasteiger partial charge in [-0.1, -0.05) is 42.2 Å². The molecule has 5 nitrogen and oxygen atoms in total. The van der Waals surface area contributed by atoms with Crippen molar-refractivity contribution in [2.24, 2.45) is 0 Å². The zero-order valence-corrected chi connectivity index (χ0v) is 21.8. The molecule has 1 aromatic carbocycles. The van der Waals surface area contributed by atoms with Crippen LogP contribution in [0.4, 0.5) is 20.3 Å². The van der Waals surface area contributed by atoms with E-state index >= 15 is 0 Å². The third-order valence-corrected chi connectivity index (χ3v) is 6.68. The van der Waals surface area contributed by atoms with Gasteiger partial charge in [-0.2, -0.15) is 0 Å². The summed E-state index contributed by atoms with van der Waals surface area (Å²) >= 11 is 0. The normalized spacial score (nSPS) is 15.1. The molecule has 1 aromatic heterocycles. The van der Waals surface area contributed by atoms with E-state index in [4.69, 9.17) is 10.5 Å². The number of nitrogens with two attached hydrogens (primary N) is 1. The number of methoxy groups -OCH3 is 1. The number of hydrogen-bond donors (Lipinski definition) is 2. The lowest BCUT2D eigenvalue weighted by Crippen LogP contribution is -2.08. The van der Waals surface area contributed by atoms with Gasteiger partial charge in [-0.05, 0) is 66.8 Å². The summed E-state index contributed by atoms with van der Waals surface area (Å²) in [6.07, 6.45) is 8.20. The second kappa shape index (κ2) is 14.1. The summed E-state index contributed by atoms with van der Waals surface area (Å²) in [6, 6.07) is 4.47. The molecular weight excluding hydrogens is 453 g/mol. The highest BCUT2D eigenvalue weighted by Gasteiger charge is 2.19. The summed E-state index contributed by atoms with van der Waals surface area (Å²) in [6.45, 7) is 8.37. The van der Waals surface area contributed by atoms with E-state index in [1.807, 2.05) is 32.9 Å². The Bertz CT molecular complexity index is 995. The minimum absolute atomic E-state index is 0.0826. The number of ether oxygens (including phenoxy) is 1. The van der Waals surface area contributed by atoms with Gasteiger partial charge in [0.15, 0.2) is 0 Å². The Morgan fingerprint density at radius 3 is 2.62 bits per heavy atom. The molecule has 2 atom stereocenters. The van der Waals surface area contributed by atoms with E-state index in [1.165, 1.54) is 36.7 Å². The molecule has 0 fully saturated rings. The van der Waals surface area contributed by atoms with Crippen molar-refractivity contribution in [2.45, 2.75) is 66.0 Å². The largest absolute Gasteiger partial charge is 0.399 e. The van der Waals surface area contributed by atoms with Crippen LogP contribution in [0.5, 0.6) is 0 Å². The van der Waals surface area contributed by atoms with Gasteiger partial charge in [-0.3, -0.25) is 0 Å². The van der Waals surface area contributed by atoms with Crippen LogP contribution in [0.1, 0.15) is 74.7 Å². The minimum atomic E-state index is -2.56. The maximum absolute atomic E-state index is 13.2. The molecule has 2 aromatic rings. The number of halogens is 2. The number of aryl methyl sites for hydroxylation is 1. The summed E-state index contributed by atoms with van der Waals surface area (Å²) in [5.74, 6) is 1.30. The fourth-order valence-corrected chi connectivity index (χ4v) is 5.03. The monoisotopic (exact) mass is 490 g/mol. The summed E-state index contributed by atoms with van der Waals surface area (Å²) in [5, 5.41) is 4.52. The van der Waals surface area contributed by atoms with E-state index in [0.29, 0.717) is 38.0 Å². The maximum Gasteiger partial charge on any atom is 0.263 e. The minimum Gasteiger partial charge on any atom is -0.399 e. The van der Waals surface area contributed by atoms with Crippen LogP contribution in [0, 0.1) is 6.92 Å². The van der Waals surface area contributed by atoms with E-state index in [-0.39, 0.29) is 11.7 Å². The van der Waals surface area contributed by atoms with Gasteiger partial charge in [0, 0.05) is 30.5 Å². The van der Waals surface area contributed by atoms with Crippen LogP contribution >= 0.6 is 8.58 Å². The molecule has 0 aliphatic heterocycles. The standard InChI is InChI=1S/C24H31F2N4OP.C2H6/c1-4-5-6-9-32-22-13-19-20(7-8-21(22)31-3)29-15(2)30-24(19)28-14-16-10-17(23(25)26)12-18(27)11-16;1-2/h7-8,10-13,21,23,32H,4-6,9,14,27H2,1-3H3,(H,28,29,30);1-2H3. The highest BCUT2D eigenvalue weighted by Crippen LogP contribution is 2.36. The van der Waals surface area contributed by atoms with E-state index in [0.717, 1.165) is 17.4 Å². The molecule has 0 saturated heterocycles. The first-order valence-electron chi connectivity index (χ1n) is 11.9. The molecule has 1 aliphatic carbocycles. The predicted octanol–water partition coefficient (Wildman–Crippen LogP) is 7.19. The zero-order valence-electron chi connectivity index (χ0n) is 20.8. The maximum atomic E-state index is 13.2. The molecule has 0 bridgehead atoms. The van der Waals surface area contributed by atoms with E-state index in [2.05, 4.69) is 28.3 Å². The lowest BCUT2D eigenvalue weighted by atomic mass is 10.1. The molecule has 34 heavy (non-hydrogen) atoms. The van der Waals surface area contributed by atoms with Crippen LogP contribution in [0.2, 0.25) is 0 Å². The third kappa shape index (κ3) is 7.85. The van der Waals surface area contributed by atoms with Crippen molar-refractivity contribution >= 4 is 32.2 Å². The fraction of sp³-hybridized carbons (Fsp3) is 0.462. The Morgan fingerprint density at radius 2 is 1.94 bits per heavy atom. The van der Waals surface area contributed by atoms with E-state index in [9.17, 15) is 8.78 Å². The molecule has 186 valence electrons. The Labute approximate surface area is 204 Å². The topological polar surface area (TPSA) is 73.1 Å². The summed E-state index contributed by atoms with van der Waals surface area (Å²) < 4.78 is 32.0. The number of hydrogen-bond acceptors (Lipinski definition) is 5. The van der Waals surface area contributed by atoms with Gasteiger partial charge in [-0.25, -0.2) is 18.7 Å². The Morgan fingerprint density at radius 1 is 1.18 bits per heavy atom. The van der Waals surface area contributed by atoms with Crippen LogP contribution in [-0.2, 0) is 11.3 Å². The molecule has 0 saturated carbocycles.